The molecule has 0 bridgehead atoms. The predicted molar refractivity (Wildman–Crippen MR) is 107 cm³/mol. The number of nitrogens with zero attached hydrogens (tertiary/aromatic N) is 3. The number of carbonyl (C=O) groups excluding carboxylic acids is 2. The molecule has 2 aromatic rings. The van der Waals surface area contributed by atoms with Gasteiger partial charge in [0.05, 0.1) is 12.8 Å². The van der Waals surface area contributed by atoms with Gasteiger partial charge in [-0.2, -0.15) is 0 Å². The van der Waals surface area contributed by atoms with Gasteiger partial charge >= 0.3 is 0 Å². The highest BCUT2D eigenvalue weighted by Gasteiger charge is 2.34. The van der Waals surface area contributed by atoms with E-state index in [-0.39, 0.29) is 17.7 Å². The zero-order valence-electron chi connectivity index (χ0n) is 16.6. The summed E-state index contributed by atoms with van der Waals surface area (Å²) in [5.41, 5.74) is 3.28. The lowest BCUT2D eigenvalue weighted by Gasteiger charge is -2.34. The van der Waals surface area contributed by atoms with Crippen molar-refractivity contribution >= 4 is 17.9 Å². The molecule has 0 aromatic carbocycles. The summed E-state index contributed by atoms with van der Waals surface area (Å²) in [5.74, 6) is 1.44. The van der Waals surface area contributed by atoms with E-state index < -0.39 is 0 Å². The molecule has 0 atom stereocenters. The Morgan fingerprint density at radius 3 is 2.50 bits per heavy atom. The average Bonchev–Trinajstić information content (AvgIpc) is 3.37. The second kappa shape index (κ2) is 7.70. The molecule has 1 aliphatic heterocycles. The smallest absolute Gasteiger partial charge is 0.246 e. The zero-order valence-corrected chi connectivity index (χ0v) is 16.6. The monoisotopic (exact) mass is 381 g/mol. The summed E-state index contributed by atoms with van der Waals surface area (Å²) in [7, 11) is 0. The molecule has 2 amide bonds. The molecule has 1 saturated heterocycles. The van der Waals surface area contributed by atoms with Gasteiger partial charge in [0.15, 0.2) is 0 Å². The van der Waals surface area contributed by atoms with Crippen LogP contribution in [0.4, 0.5) is 0 Å². The molecule has 0 unspecified atom stereocenters. The summed E-state index contributed by atoms with van der Waals surface area (Å²) in [4.78, 5) is 28.4. The van der Waals surface area contributed by atoms with Crippen LogP contribution in [0.5, 0.6) is 0 Å². The van der Waals surface area contributed by atoms with Gasteiger partial charge in [-0.3, -0.25) is 9.59 Å². The summed E-state index contributed by atoms with van der Waals surface area (Å²) in [5, 5.41) is 0. The normalized spacial score (nSPS) is 17.5. The lowest BCUT2D eigenvalue weighted by atomic mass is 10.2. The summed E-state index contributed by atoms with van der Waals surface area (Å²) >= 11 is 0. The molecule has 2 aliphatic rings. The number of aryl methyl sites for hydroxylation is 1. The highest BCUT2D eigenvalue weighted by molar-refractivity contribution is 5.92. The van der Waals surface area contributed by atoms with E-state index in [1.165, 1.54) is 0 Å². The SMILES string of the molecule is Cc1cc(C=CC(=O)N2CCN(C(=O)C3CC3)CC2)c(C)n1Cc1ccco1. The summed E-state index contributed by atoms with van der Waals surface area (Å²) in [6.07, 6.45) is 7.28. The number of rotatable bonds is 5. The molecule has 0 N–H and O–H groups in total. The zero-order chi connectivity index (χ0) is 19.7. The molecular formula is C22H27N3O3. The third-order valence-electron chi connectivity index (χ3n) is 5.74. The number of hydrogen-bond donors (Lipinski definition) is 0. The lowest BCUT2D eigenvalue weighted by Crippen LogP contribution is -2.50. The minimum absolute atomic E-state index is 0.00867. The first-order chi connectivity index (χ1) is 13.5. The third-order valence-corrected chi connectivity index (χ3v) is 5.74. The number of furan rings is 1. The van der Waals surface area contributed by atoms with Crippen LogP contribution in [0.1, 0.15) is 35.6 Å². The van der Waals surface area contributed by atoms with Gasteiger partial charge in [-0.15, -0.1) is 0 Å². The minimum Gasteiger partial charge on any atom is -0.467 e. The Balaban J connectivity index is 1.36. The fourth-order valence-electron chi connectivity index (χ4n) is 3.80. The fraction of sp³-hybridized carbons (Fsp3) is 0.455. The first-order valence-corrected chi connectivity index (χ1v) is 9.98. The van der Waals surface area contributed by atoms with Gasteiger partial charge in [0.25, 0.3) is 0 Å². The van der Waals surface area contributed by atoms with Crippen molar-refractivity contribution in [3.63, 3.8) is 0 Å². The van der Waals surface area contributed by atoms with Crippen LogP contribution in [-0.4, -0.2) is 52.4 Å². The Labute approximate surface area is 165 Å². The minimum atomic E-state index is 0.00867. The Kier molecular flexibility index (Phi) is 5.11. The summed E-state index contributed by atoms with van der Waals surface area (Å²) in [6, 6.07) is 5.95. The number of amides is 2. The van der Waals surface area contributed by atoms with Crippen LogP contribution in [-0.2, 0) is 16.1 Å². The van der Waals surface area contributed by atoms with Gasteiger partial charge in [-0.25, -0.2) is 0 Å². The molecule has 2 aromatic heterocycles. The maximum Gasteiger partial charge on any atom is 0.246 e. The van der Waals surface area contributed by atoms with Crippen molar-refractivity contribution in [2.75, 3.05) is 26.2 Å². The maximum atomic E-state index is 12.6. The third kappa shape index (κ3) is 3.91. The van der Waals surface area contributed by atoms with Gasteiger partial charge < -0.3 is 18.8 Å². The second-order valence-electron chi connectivity index (χ2n) is 7.75. The van der Waals surface area contributed by atoms with Crippen molar-refractivity contribution < 1.29 is 14.0 Å². The molecule has 0 spiro atoms. The first kappa shape index (κ1) is 18.6. The molecule has 6 nitrogen and oxygen atoms in total. The van der Waals surface area contributed by atoms with E-state index in [4.69, 9.17) is 4.42 Å². The Hall–Kier alpha value is -2.76. The topological polar surface area (TPSA) is 58.7 Å². The summed E-state index contributed by atoms with van der Waals surface area (Å²) in [6.45, 7) is 7.31. The van der Waals surface area contributed by atoms with Gasteiger partial charge in [0, 0.05) is 49.6 Å². The quantitative estimate of drug-likeness (QED) is 0.749. The van der Waals surface area contributed by atoms with Crippen molar-refractivity contribution in [2.24, 2.45) is 5.92 Å². The molecule has 2 fully saturated rings. The Bertz CT molecular complexity index is 883. The van der Waals surface area contributed by atoms with Gasteiger partial charge in [0.2, 0.25) is 11.8 Å². The molecule has 4 rings (SSSR count). The fourth-order valence-corrected chi connectivity index (χ4v) is 3.80. The number of hydrogen-bond acceptors (Lipinski definition) is 3. The van der Waals surface area contributed by atoms with Crippen LogP contribution in [0, 0.1) is 19.8 Å². The van der Waals surface area contributed by atoms with E-state index in [2.05, 4.69) is 24.5 Å². The molecule has 3 heterocycles. The van der Waals surface area contributed by atoms with Gasteiger partial charge in [0.1, 0.15) is 5.76 Å². The molecule has 28 heavy (non-hydrogen) atoms. The van der Waals surface area contributed by atoms with Crippen LogP contribution in [0.2, 0.25) is 0 Å². The standard InChI is InChI=1S/C22H27N3O3/c1-16-14-19(17(2)25(16)15-20-4-3-13-28-20)7-8-21(26)23-9-11-24(12-10-23)22(27)18-5-6-18/h3-4,7-8,13-14,18H,5-6,9-12,15H2,1-2H3. The highest BCUT2D eigenvalue weighted by atomic mass is 16.3. The van der Waals surface area contributed by atoms with E-state index in [0.29, 0.717) is 32.7 Å². The number of aromatic nitrogens is 1. The van der Waals surface area contributed by atoms with Crippen molar-refractivity contribution in [1.29, 1.82) is 0 Å². The molecule has 1 aliphatic carbocycles. The van der Waals surface area contributed by atoms with Crippen LogP contribution < -0.4 is 0 Å². The van der Waals surface area contributed by atoms with E-state index >= 15 is 0 Å². The number of carbonyl (C=O) groups is 2. The van der Waals surface area contributed by atoms with Crippen LogP contribution >= 0.6 is 0 Å². The Morgan fingerprint density at radius 1 is 1.14 bits per heavy atom. The predicted octanol–water partition coefficient (Wildman–Crippen LogP) is 2.84. The Morgan fingerprint density at radius 2 is 1.86 bits per heavy atom. The highest BCUT2D eigenvalue weighted by Crippen LogP contribution is 2.31. The molecular weight excluding hydrogens is 354 g/mol. The lowest BCUT2D eigenvalue weighted by molar-refractivity contribution is -0.138. The van der Waals surface area contributed by atoms with E-state index in [9.17, 15) is 9.59 Å². The van der Waals surface area contributed by atoms with Crippen molar-refractivity contribution in [2.45, 2.75) is 33.2 Å². The van der Waals surface area contributed by atoms with Crippen LogP contribution in [0.15, 0.2) is 35.0 Å². The van der Waals surface area contributed by atoms with Gasteiger partial charge in [-0.05, 0) is 56.5 Å². The average molecular weight is 381 g/mol. The van der Waals surface area contributed by atoms with Crippen molar-refractivity contribution in [3.8, 4) is 0 Å². The van der Waals surface area contributed by atoms with Crippen LogP contribution in [0.3, 0.4) is 0 Å². The number of piperazine rings is 1. The molecule has 0 radical (unpaired) electrons. The van der Waals surface area contributed by atoms with E-state index in [0.717, 1.165) is 35.6 Å². The second-order valence-corrected chi connectivity index (χ2v) is 7.75. The van der Waals surface area contributed by atoms with Crippen molar-refractivity contribution in [1.82, 2.24) is 14.4 Å². The van der Waals surface area contributed by atoms with Crippen LogP contribution in [0.25, 0.3) is 6.08 Å². The summed E-state index contributed by atoms with van der Waals surface area (Å²) < 4.78 is 7.64. The molecule has 148 valence electrons. The van der Waals surface area contributed by atoms with E-state index in [1.807, 2.05) is 28.0 Å². The molecule has 6 heteroatoms. The van der Waals surface area contributed by atoms with E-state index in [1.54, 1.807) is 12.3 Å². The van der Waals surface area contributed by atoms with Crippen molar-refractivity contribution in [3.05, 3.63) is 53.2 Å². The van der Waals surface area contributed by atoms with Gasteiger partial charge in [-0.1, -0.05) is 0 Å². The molecule has 1 saturated carbocycles. The first-order valence-electron chi connectivity index (χ1n) is 9.98. The largest absolute Gasteiger partial charge is 0.467 e. The maximum absolute atomic E-state index is 12.6.